The van der Waals surface area contributed by atoms with E-state index >= 15 is 0 Å². The topological polar surface area (TPSA) is 69.7 Å². The molecule has 1 atom stereocenters. The second kappa shape index (κ2) is 12.2. The molecule has 0 aliphatic carbocycles. The van der Waals surface area contributed by atoms with Gasteiger partial charge in [-0.3, -0.25) is 9.59 Å². The molecule has 0 radical (unpaired) electrons. The molecule has 22 heavy (non-hydrogen) atoms. The molecular weight excluding hydrogens is 284 g/mol. The Morgan fingerprint density at radius 1 is 0.864 bits per heavy atom. The summed E-state index contributed by atoms with van der Waals surface area (Å²) in [4.78, 5) is 35.8. The van der Waals surface area contributed by atoms with E-state index in [0.29, 0.717) is 6.42 Å². The van der Waals surface area contributed by atoms with Crippen molar-refractivity contribution >= 4 is 17.7 Å². The third kappa shape index (κ3) is 8.15. The standard InChI is InChI=1S/C17H30O5/c1-5-8-9-10-11-14(12-13(4)18)15(16(19)21-6-2)17(20)22-7-3/h14-15H,5-12H2,1-4H3. The Morgan fingerprint density at radius 2 is 1.41 bits per heavy atom. The fourth-order valence-electron chi connectivity index (χ4n) is 2.53. The van der Waals surface area contributed by atoms with Gasteiger partial charge in [-0.15, -0.1) is 0 Å². The van der Waals surface area contributed by atoms with Gasteiger partial charge in [-0.1, -0.05) is 32.6 Å². The molecule has 0 aliphatic rings. The van der Waals surface area contributed by atoms with E-state index in [4.69, 9.17) is 9.47 Å². The number of carbonyl (C=O) groups is 3. The zero-order chi connectivity index (χ0) is 17.0. The van der Waals surface area contributed by atoms with Crippen molar-refractivity contribution in [2.45, 2.75) is 66.2 Å². The molecule has 0 saturated heterocycles. The summed E-state index contributed by atoms with van der Waals surface area (Å²) in [5.74, 6) is -2.53. The molecule has 0 saturated carbocycles. The monoisotopic (exact) mass is 314 g/mol. The Kier molecular flexibility index (Phi) is 11.4. The molecule has 0 bridgehead atoms. The predicted molar refractivity (Wildman–Crippen MR) is 84.3 cm³/mol. The van der Waals surface area contributed by atoms with Crippen LogP contribution in [0.5, 0.6) is 0 Å². The highest BCUT2D eigenvalue weighted by Gasteiger charge is 2.37. The normalized spacial score (nSPS) is 12.0. The summed E-state index contributed by atoms with van der Waals surface area (Å²) in [6.45, 7) is 7.40. The highest BCUT2D eigenvalue weighted by atomic mass is 16.6. The first-order valence-corrected chi connectivity index (χ1v) is 8.30. The fourth-order valence-corrected chi connectivity index (χ4v) is 2.53. The Hall–Kier alpha value is -1.39. The number of ketones is 1. The Balaban J connectivity index is 5.01. The van der Waals surface area contributed by atoms with E-state index in [2.05, 4.69) is 6.92 Å². The van der Waals surface area contributed by atoms with Gasteiger partial charge in [-0.05, 0) is 33.1 Å². The van der Waals surface area contributed by atoms with Crippen LogP contribution in [0.15, 0.2) is 0 Å². The van der Waals surface area contributed by atoms with Gasteiger partial charge in [0.1, 0.15) is 5.78 Å². The molecule has 0 N–H and O–H groups in total. The van der Waals surface area contributed by atoms with Crippen molar-refractivity contribution in [1.29, 1.82) is 0 Å². The Bertz CT molecular complexity index is 333. The van der Waals surface area contributed by atoms with Crippen molar-refractivity contribution in [2.24, 2.45) is 11.8 Å². The second-order valence-electron chi connectivity index (χ2n) is 5.50. The summed E-state index contributed by atoms with van der Waals surface area (Å²) < 4.78 is 10.0. The lowest BCUT2D eigenvalue weighted by Crippen LogP contribution is -2.35. The maximum atomic E-state index is 12.1. The zero-order valence-corrected chi connectivity index (χ0v) is 14.4. The molecule has 0 spiro atoms. The average Bonchev–Trinajstić information content (AvgIpc) is 2.43. The van der Waals surface area contributed by atoms with Gasteiger partial charge in [0.2, 0.25) is 0 Å². The van der Waals surface area contributed by atoms with Crippen LogP contribution in [0.1, 0.15) is 66.2 Å². The van der Waals surface area contributed by atoms with Crippen LogP contribution in [0.4, 0.5) is 0 Å². The maximum absolute atomic E-state index is 12.1. The molecule has 0 aliphatic heterocycles. The van der Waals surface area contributed by atoms with E-state index in [9.17, 15) is 14.4 Å². The van der Waals surface area contributed by atoms with E-state index in [1.54, 1.807) is 13.8 Å². The number of hydrogen-bond acceptors (Lipinski definition) is 5. The van der Waals surface area contributed by atoms with Crippen LogP contribution in [-0.4, -0.2) is 30.9 Å². The van der Waals surface area contributed by atoms with Crippen LogP contribution in [-0.2, 0) is 23.9 Å². The minimum atomic E-state index is -0.995. The Labute approximate surface area is 133 Å². The van der Waals surface area contributed by atoms with Gasteiger partial charge in [0.05, 0.1) is 13.2 Å². The van der Waals surface area contributed by atoms with Crippen LogP contribution in [0.25, 0.3) is 0 Å². The molecule has 0 amide bonds. The van der Waals surface area contributed by atoms with Crippen molar-refractivity contribution in [3.05, 3.63) is 0 Å². The number of rotatable bonds is 12. The molecule has 0 rings (SSSR count). The van der Waals surface area contributed by atoms with Crippen LogP contribution in [0.3, 0.4) is 0 Å². The van der Waals surface area contributed by atoms with Crippen LogP contribution in [0.2, 0.25) is 0 Å². The van der Waals surface area contributed by atoms with E-state index < -0.39 is 17.9 Å². The third-order valence-corrected chi connectivity index (χ3v) is 3.53. The SMILES string of the molecule is CCCCCCC(CC(C)=O)C(C(=O)OCC)C(=O)OCC. The molecule has 5 heteroatoms. The van der Waals surface area contributed by atoms with Crippen LogP contribution in [0, 0.1) is 11.8 Å². The number of ether oxygens (including phenoxy) is 2. The molecule has 0 fully saturated rings. The molecule has 1 unspecified atom stereocenters. The molecule has 128 valence electrons. The first-order chi connectivity index (χ1) is 10.5. The highest BCUT2D eigenvalue weighted by molar-refractivity contribution is 5.95. The zero-order valence-electron chi connectivity index (χ0n) is 14.4. The van der Waals surface area contributed by atoms with Gasteiger partial charge in [0.25, 0.3) is 0 Å². The van der Waals surface area contributed by atoms with Gasteiger partial charge < -0.3 is 14.3 Å². The number of esters is 2. The number of Topliss-reactive ketones (excluding diaryl/α,β-unsaturated/α-hetero) is 1. The summed E-state index contributed by atoms with van der Waals surface area (Å²) >= 11 is 0. The number of hydrogen-bond donors (Lipinski definition) is 0. The number of unbranched alkanes of at least 4 members (excludes halogenated alkanes) is 3. The fraction of sp³-hybridized carbons (Fsp3) is 0.824. The van der Waals surface area contributed by atoms with Crippen LogP contribution < -0.4 is 0 Å². The van der Waals surface area contributed by atoms with Crippen molar-refractivity contribution in [2.75, 3.05) is 13.2 Å². The predicted octanol–water partition coefficient (Wildman–Crippen LogP) is 3.29. The van der Waals surface area contributed by atoms with Gasteiger partial charge in [-0.2, -0.15) is 0 Å². The number of carbonyl (C=O) groups excluding carboxylic acids is 3. The summed E-state index contributed by atoms with van der Waals surface area (Å²) in [5, 5.41) is 0. The van der Waals surface area contributed by atoms with Crippen molar-refractivity contribution < 1.29 is 23.9 Å². The van der Waals surface area contributed by atoms with Crippen molar-refractivity contribution in [1.82, 2.24) is 0 Å². The van der Waals surface area contributed by atoms with Gasteiger partial charge in [0, 0.05) is 6.42 Å². The summed E-state index contributed by atoms with van der Waals surface area (Å²) in [7, 11) is 0. The molecular formula is C17H30O5. The summed E-state index contributed by atoms with van der Waals surface area (Å²) in [6, 6.07) is 0. The van der Waals surface area contributed by atoms with Crippen LogP contribution >= 0.6 is 0 Å². The maximum Gasteiger partial charge on any atom is 0.320 e. The lowest BCUT2D eigenvalue weighted by Gasteiger charge is -2.23. The first-order valence-electron chi connectivity index (χ1n) is 8.30. The molecule has 5 nitrogen and oxygen atoms in total. The first kappa shape index (κ1) is 20.6. The minimum Gasteiger partial charge on any atom is -0.465 e. The molecule has 0 aromatic rings. The summed E-state index contributed by atoms with van der Waals surface area (Å²) in [6.07, 6.45) is 4.99. The molecule has 0 heterocycles. The smallest absolute Gasteiger partial charge is 0.320 e. The average molecular weight is 314 g/mol. The van der Waals surface area contributed by atoms with E-state index in [1.807, 2.05) is 0 Å². The van der Waals surface area contributed by atoms with Gasteiger partial charge in [-0.25, -0.2) is 0 Å². The van der Waals surface area contributed by atoms with Crippen molar-refractivity contribution in [3.63, 3.8) is 0 Å². The Morgan fingerprint density at radius 3 is 1.82 bits per heavy atom. The lowest BCUT2D eigenvalue weighted by atomic mass is 9.84. The van der Waals surface area contributed by atoms with E-state index in [1.165, 1.54) is 6.92 Å². The quantitative estimate of drug-likeness (QED) is 0.314. The largest absolute Gasteiger partial charge is 0.465 e. The van der Waals surface area contributed by atoms with E-state index in [0.717, 1.165) is 25.7 Å². The second-order valence-corrected chi connectivity index (χ2v) is 5.50. The van der Waals surface area contributed by atoms with Gasteiger partial charge in [0.15, 0.2) is 5.92 Å². The van der Waals surface area contributed by atoms with Crippen molar-refractivity contribution in [3.8, 4) is 0 Å². The molecule has 0 aromatic carbocycles. The summed E-state index contributed by atoms with van der Waals surface area (Å²) in [5.41, 5.74) is 0. The third-order valence-electron chi connectivity index (χ3n) is 3.53. The molecule has 0 aromatic heterocycles. The van der Waals surface area contributed by atoms with E-state index in [-0.39, 0.29) is 31.3 Å². The highest BCUT2D eigenvalue weighted by Crippen LogP contribution is 2.26. The van der Waals surface area contributed by atoms with Gasteiger partial charge >= 0.3 is 11.9 Å². The minimum absolute atomic E-state index is 0.0286. The lowest BCUT2D eigenvalue weighted by molar-refractivity contribution is -0.164.